The maximum absolute atomic E-state index is 13.6. The van der Waals surface area contributed by atoms with Gasteiger partial charge in [-0.1, -0.05) is 6.07 Å². The Labute approximate surface area is 147 Å². The smallest absolute Gasteiger partial charge is 0.203 e. The van der Waals surface area contributed by atoms with E-state index in [9.17, 15) is 4.39 Å². The lowest BCUT2D eigenvalue weighted by Crippen LogP contribution is -2.19. The summed E-state index contributed by atoms with van der Waals surface area (Å²) in [7, 11) is 6.30. The Hall–Kier alpha value is -2.47. The summed E-state index contributed by atoms with van der Waals surface area (Å²) < 4.78 is 35.1. The molecule has 0 amide bonds. The summed E-state index contributed by atoms with van der Waals surface area (Å²) >= 11 is 0. The minimum Gasteiger partial charge on any atom is -0.496 e. The van der Waals surface area contributed by atoms with E-state index in [1.165, 1.54) is 12.1 Å². The van der Waals surface area contributed by atoms with Crippen molar-refractivity contribution < 1.29 is 23.3 Å². The van der Waals surface area contributed by atoms with Gasteiger partial charge in [-0.2, -0.15) is 0 Å². The molecule has 0 aliphatic rings. The van der Waals surface area contributed by atoms with Crippen LogP contribution in [0.5, 0.6) is 23.0 Å². The van der Waals surface area contributed by atoms with E-state index in [-0.39, 0.29) is 11.9 Å². The number of ether oxygens (including phenoxy) is 4. The lowest BCUT2D eigenvalue weighted by Gasteiger charge is -2.20. The van der Waals surface area contributed by atoms with Gasteiger partial charge in [0.05, 0.1) is 28.4 Å². The van der Waals surface area contributed by atoms with E-state index < -0.39 is 0 Å². The highest BCUT2D eigenvalue weighted by Gasteiger charge is 2.17. The number of benzene rings is 2. The maximum Gasteiger partial charge on any atom is 0.203 e. The third kappa shape index (κ3) is 4.14. The molecule has 2 aromatic rings. The average molecular weight is 349 g/mol. The van der Waals surface area contributed by atoms with Gasteiger partial charge < -0.3 is 24.3 Å². The van der Waals surface area contributed by atoms with Crippen molar-refractivity contribution in [1.82, 2.24) is 5.32 Å². The monoisotopic (exact) mass is 349 g/mol. The van der Waals surface area contributed by atoms with Crippen LogP contribution in [0.25, 0.3) is 0 Å². The molecule has 25 heavy (non-hydrogen) atoms. The van der Waals surface area contributed by atoms with Crippen molar-refractivity contribution in [3.8, 4) is 23.0 Å². The molecular formula is C19H24FNO4. The molecule has 0 spiro atoms. The van der Waals surface area contributed by atoms with Gasteiger partial charge in [-0.3, -0.25) is 0 Å². The second kappa shape index (κ2) is 8.58. The fraction of sp³-hybridized carbons (Fsp3) is 0.368. The number of nitrogens with one attached hydrogen (secondary N) is 1. The summed E-state index contributed by atoms with van der Waals surface area (Å²) in [6.07, 6.45) is 0. The summed E-state index contributed by atoms with van der Waals surface area (Å²) in [5.74, 6) is 2.09. The lowest BCUT2D eigenvalue weighted by atomic mass is 10.1. The second-order valence-electron chi connectivity index (χ2n) is 5.48. The summed E-state index contributed by atoms with van der Waals surface area (Å²) in [5, 5.41) is 3.36. The van der Waals surface area contributed by atoms with Crippen molar-refractivity contribution in [3.05, 3.63) is 47.3 Å². The van der Waals surface area contributed by atoms with Crippen LogP contribution in [0, 0.1) is 5.82 Å². The van der Waals surface area contributed by atoms with Gasteiger partial charge >= 0.3 is 0 Å². The van der Waals surface area contributed by atoms with Gasteiger partial charge in [0, 0.05) is 23.7 Å². The molecule has 0 aliphatic heterocycles. The van der Waals surface area contributed by atoms with Crippen LogP contribution in [0.3, 0.4) is 0 Å². The molecule has 0 heterocycles. The third-order valence-electron chi connectivity index (χ3n) is 4.04. The molecule has 0 bridgehead atoms. The van der Waals surface area contributed by atoms with Gasteiger partial charge in [-0.05, 0) is 31.2 Å². The Bertz CT molecular complexity index is 721. The standard InChI is InChI=1S/C19H24FNO4/c1-12(15-10-14(20)7-9-16(15)22-2)21-11-13-6-8-17(23-3)19(25-5)18(13)24-4/h6-10,12,21H,11H2,1-5H3. The highest BCUT2D eigenvalue weighted by Crippen LogP contribution is 2.40. The number of methoxy groups -OCH3 is 4. The fourth-order valence-corrected chi connectivity index (χ4v) is 2.72. The molecule has 2 aromatic carbocycles. The molecule has 0 saturated heterocycles. The first-order valence-corrected chi connectivity index (χ1v) is 7.90. The molecule has 0 radical (unpaired) electrons. The van der Waals surface area contributed by atoms with Crippen LogP contribution in [0.15, 0.2) is 30.3 Å². The molecular weight excluding hydrogens is 325 g/mol. The van der Waals surface area contributed by atoms with Crippen molar-refractivity contribution >= 4 is 0 Å². The van der Waals surface area contributed by atoms with Gasteiger partial charge in [0.1, 0.15) is 11.6 Å². The van der Waals surface area contributed by atoms with Crippen LogP contribution in [0.2, 0.25) is 0 Å². The normalized spacial score (nSPS) is 11.8. The zero-order valence-electron chi connectivity index (χ0n) is 15.2. The van der Waals surface area contributed by atoms with Crippen LogP contribution in [0.1, 0.15) is 24.1 Å². The van der Waals surface area contributed by atoms with Crippen molar-refractivity contribution in [2.75, 3.05) is 28.4 Å². The third-order valence-corrected chi connectivity index (χ3v) is 4.04. The predicted octanol–water partition coefficient (Wildman–Crippen LogP) is 3.71. The number of hydrogen-bond acceptors (Lipinski definition) is 5. The van der Waals surface area contributed by atoms with E-state index in [4.69, 9.17) is 18.9 Å². The average Bonchev–Trinajstić information content (AvgIpc) is 2.64. The quantitative estimate of drug-likeness (QED) is 0.787. The van der Waals surface area contributed by atoms with E-state index >= 15 is 0 Å². The number of halogens is 1. The largest absolute Gasteiger partial charge is 0.496 e. The molecule has 1 N–H and O–H groups in total. The molecule has 2 rings (SSSR count). The van der Waals surface area contributed by atoms with Gasteiger partial charge in [0.25, 0.3) is 0 Å². The van der Waals surface area contributed by atoms with Gasteiger partial charge in [-0.15, -0.1) is 0 Å². The van der Waals surface area contributed by atoms with E-state index in [0.29, 0.717) is 29.5 Å². The second-order valence-corrected chi connectivity index (χ2v) is 5.48. The molecule has 136 valence electrons. The van der Waals surface area contributed by atoms with Gasteiger partial charge in [0.2, 0.25) is 5.75 Å². The Morgan fingerprint density at radius 1 is 0.880 bits per heavy atom. The Morgan fingerprint density at radius 2 is 1.52 bits per heavy atom. The summed E-state index contributed by atoms with van der Waals surface area (Å²) in [6, 6.07) is 8.09. The summed E-state index contributed by atoms with van der Waals surface area (Å²) in [6.45, 7) is 2.45. The topological polar surface area (TPSA) is 49.0 Å². The summed E-state index contributed by atoms with van der Waals surface area (Å²) in [5.41, 5.74) is 1.66. The fourth-order valence-electron chi connectivity index (χ4n) is 2.72. The SMILES string of the molecule is COc1ccc(F)cc1C(C)NCc1ccc(OC)c(OC)c1OC. The molecule has 5 nitrogen and oxygen atoms in total. The van der Waals surface area contributed by atoms with E-state index in [2.05, 4.69) is 5.32 Å². The Balaban J connectivity index is 2.22. The van der Waals surface area contributed by atoms with Crippen LogP contribution in [0.4, 0.5) is 4.39 Å². The van der Waals surface area contributed by atoms with Crippen LogP contribution in [-0.4, -0.2) is 28.4 Å². The number of rotatable bonds is 8. The minimum atomic E-state index is -0.298. The summed E-state index contributed by atoms with van der Waals surface area (Å²) in [4.78, 5) is 0. The molecule has 0 aliphatic carbocycles. The van der Waals surface area contributed by atoms with Crippen molar-refractivity contribution in [1.29, 1.82) is 0 Å². The lowest BCUT2D eigenvalue weighted by molar-refractivity contribution is 0.321. The van der Waals surface area contributed by atoms with Crippen LogP contribution in [-0.2, 0) is 6.54 Å². The maximum atomic E-state index is 13.6. The van der Waals surface area contributed by atoms with Gasteiger partial charge in [0.15, 0.2) is 11.5 Å². The van der Waals surface area contributed by atoms with Crippen molar-refractivity contribution in [2.45, 2.75) is 19.5 Å². The van der Waals surface area contributed by atoms with Gasteiger partial charge in [-0.25, -0.2) is 4.39 Å². The molecule has 1 unspecified atom stereocenters. The van der Waals surface area contributed by atoms with Crippen LogP contribution < -0.4 is 24.3 Å². The molecule has 1 atom stereocenters. The first kappa shape index (κ1) is 18.9. The van der Waals surface area contributed by atoms with Crippen molar-refractivity contribution in [2.24, 2.45) is 0 Å². The minimum absolute atomic E-state index is 0.122. The Morgan fingerprint density at radius 3 is 2.12 bits per heavy atom. The molecule has 0 fully saturated rings. The zero-order chi connectivity index (χ0) is 18.4. The molecule has 0 saturated carbocycles. The van der Waals surface area contributed by atoms with Crippen molar-refractivity contribution in [3.63, 3.8) is 0 Å². The zero-order valence-corrected chi connectivity index (χ0v) is 15.2. The molecule has 6 heteroatoms. The Kier molecular flexibility index (Phi) is 6.47. The first-order valence-electron chi connectivity index (χ1n) is 7.90. The van der Waals surface area contributed by atoms with E-state index in [1.807, 2.05) is 19.1 Å². The van der Waals surface area contributed by atoms with E-state index in [1.54, 1.807) is 34.5 Å². The molecule has 0 aromatic heterocycles. The first-order chi connectivity index (χ1) is 12.0. The predicted molar refractivity (Wildman–Crippen MR) is 94.3 cm³/mol. The number of hydrogen-bond donors (Lipinski definition) is 1. The van der Waals surface area contributed by atoms with Crippen LogP contribution >= 0.6 is 0 Å². The highest BCUT2D eigenvalue weighted by atomic mass is 19.1. The van der Waals surface area contributed by atoms with E-state index in [0.717, 1.165) is 11.1 Å². The highest BCUT2D eigenvalue weighted by molar-refractivity contribution is 5.55.